The summed E-state index contributed by atoms with van der Waals surface area (Å²) in [5.41, 5.74) is 1.16. The molecule has 0 aliphatic heterocycles. The number of hydrogen-bond donors (Lipinski definition) is 0. The van der Waals surface area contributed by atoms with Crippen molar-refractivity contribution in [3.8, 4) is 0 Å². The lowest BCUT2D eigenvalue weighted by Gasteiger charge is -2.23. The Bertz CT molecular complexity index is 203. The summed E-state index contributed by atoms with van der Waals surface area (Å²) in [6.45, 7) is 4.34. The molecule has 0 saturated carbocycles. The lowest BCUT2D eigenvalue weighted by Crippen LogP contribution is -2.25. The first-order valence-corrected chi connectivity index (χ1v) is 3.91. The van der Waals surface area contributed by atoms with E-state index in [1.54, 1.807) is 0 Å². The number of hydrogen-bond acceptors (Lipinski definition) is 1. The first kappa shape index (κ1) is 8.12. The van der Waals surface area contributed by atoms with E-state index in [1.807, 2.05) is 18.2 Å². The largest absolute Gasteiger partial charge is 0.372 e. The molecular formula is C10H14N. The third-order valence-electron chi connectivity index (χ3n) is 1.85. The summed E-state index contributed by atoms with van der Waals surface area (Å²) in [7, 11) is 2.08. The Morgan fingerprint density at radius 1 is 1.36 bits per heavy atom. The first-order chi connectivity index (χ1) is 5.22. The molecule has 1 nitrogen and oxygen atoms in total. The lowest BCUT2D eigenvalue weighted by atomic mass is 10.2. The second kappa shape index (κ2) is 3.42. The van der Waals surface area contributed by atoms with Crippen LogP contribution in [0.25, 0.3) is 0 Å². The molecule has 1 radical (unpaired) electrons. The predicted molar refractivity (Wildman–Crippen MR) is 48.8 cm³/mol. The standard InChI is InChI=1S/C10H14N/c1-9(2)11(3)10-7-5-4-6-8-10/h4-7,9H,1-3H3. The van der Waals surface area contributed by atoms with Crippen LogP contribution in [0.2, 0.25) is 0 Å². The van der Waals surface area contributed by atoms with E-state index in [-0.39, 0.29) is 0 Å². The molecule has 0 bridgehead atoms. The zero-order valence-corrected chi connectivity index (χ0v) is 7.33. The smallest absolute Gasteiger partial charge is 0.0446 e. The third kappa shape index (κ3) is 1.97. The van der Waals surface area contributed by atoms with Crippen molar-refractivity contribution in [1.82, 2.24) is 0 Å². The molecule has 0 N–H and O–H groups in total. The second-order valence-corrected chi connectivity index (χ2v) is 2.95. The van der Waals surface area contributed by atoms with Crippen molar-refractivity contribution in [3.63, 3.8) is 0 Å². The van der Waals surface area contributed by atoms with Gasteiger partial charge in [0.25, 0.3) is 0 Å². The normalized spacial score (nSPS) is 10.2. The van der Waals surface area contributed by atoms with E-state index in [0.29, 0.717) is 6.04 Å². The summed E-state index contributed by atoms with van der Waals surface area (Å²) >= 11 is 0. The van der Waals surface area contributed by atoms with E-state index in [1.165, 1.54) is 0 Å². The number of para-hydroxylation sites is 1. The number of rotatable bonds is 2. The molecule has 0 atom stereocenters. The summed E-state index contributed by atoms with van der Waals surface area (Å²) in [5.74, 6) is 0. The molecular weight excluding hydrogens is 134 g/mol. The summed E-state index contributed by atoms with van der Waals surface area (Å²) in [6, 6.07) is 11.7. The minimum Gasteiger partial charge on any atom is -0.372 e. The number of benzene rings is 1. The molecule has 0 aromatic heterocycles. The van der Waals surface area contributed by atoms with Crippen LogP contribution in [0.3, 0.4) is 0 Å². The lowest BCUT2D eigenvalue weighted by molar-refractivity contribution is 0.754. The van der Waals surface area contributed by atoms with Gasteiger partial charge in [0.2, 0.25) is 0 Å². The van der Waals surface area contributed by atoms with Crippen LogP contribution in [0.4, 0.5) is 5.69 Å². The van der Waals surface area contributed by atoms with Gasteiger partial charge in [0.1, 0.15) is 0 Å². The highest BCUT2D eigenvalue weighted by Gasteiger charge is 2.02. The maximum atomic E-state index is 3.18. The average molecular weight is 148 g/mol. The van der Waals surface area contributed by atoms with Crippen LogP contribution in [0.15, 0.2) is 24.3 Å². The van der Waals surface area contributed by atoms with Crippen LogP contribution >= 0.6 is 0 Å². The van der Waals surface area contributed by atoms with Crippen molar-refractivity contribution in [1.29, 1.82) is 0 Å². The first-order valence-electron chi connectivity index (χ1n) is 3.91. The van der Waals surface area contributed by atoms with Crippen LogP contribution in [-0.2, 0) is 0 Å². The van der Waals surface area contributed by atoms with Crippen molar-refractivity contribution in [3.05, 3.63) is 30.3 Å². The van der Waals surface area contributed by atoms with Gasteiger partial charge in [-0.05, 0) is 19.9 Å². The second-order valence-electron chi connectivity index (χ2n) is 2.95. The van der Waals surface area contributed by atoms with Crippen LogP contribution in [0.1, 0.15) is 13.8 Å². The quantitative estimate of drug-likeness (QED) is 0.622. The van der Waals surface area contributed by atoms with Crippen LogP contribution in [-0.4, -0.2) is 13.1 Å². The highest BCUT2D eigenvalue weighted by atomic mass is 15.1. The van der Waals surface area contributed by atoms with Crippen LogP contribution in [0.5, 0.6) is 0 Å². The Kier molecular flexibility index (Phi) is 2.53. The molecule has 0 spiro atoms. The van der Waals surface area contributed by atoms with E-state index in [2.05, 4.69) is 37.9 Å². The highest BCUT2D eigenvalue weighted by molar-refractivity contribution is 5.44. The molecule has 1 heteroatoms. The van der Waals surface area contributed by atoms with Gasteiger partial charge in [0.15, 0.2) is 0 Å². The minimum atomic E-state index is 0.536. The molecule has 0 unspecified atom stereocenters. The van der Waals surface area contributed by atoms with Crippen molar-refractivity contribution >= 4 is 5.69 Å². The Morgan fingerprint density at radius 3 is 2.55 bits per heavy atom. The SMILES string of the molecule is CC(C)N(C)c1[c]cccc1. The highest BCUT2D eigenvalue weighted by Crippen LogP contribution is 2.12. The van der Waals surface area contributed by atoms with E-state index in [9.17, 15) is 0 Å². The van der Waals surface area contributed by atoms with E-state index < -0.39 is 0 Å². The zero-order chi connectivity index (χ0) is 8.27. The van der Waals surface area contributed by atoms with Gasteiger partial charge >= 0.3 is 0 Å². The molecule has 0 amide bonds. The Hall–Kier alpha value is -0.980. The van der Waals surface area contributed by atoms with Gasteiger partial charge in [-0.15, -0.1) is 0 Å². The van der Waals surface area contributed by atoms with E-state index in [0.717, 1.165) is 5.69 Å². The third-order valence-corrected chi connectivity index (χ3v) is 1.85. The van der Waals surface area contributed by atoms with Gasteiger partial charge in [-0.2, -0.15) is 0 Å². The fourth-order valence-corrected chi connectivity index (χ4v) is 0.881. The molecule has 59 valence electrons. The molecule has 1 rings (SSSR count). The molecule has 0 aliphatic carbocycles. The monoisotopic (exact) mass is 148 g/mol. The van der Waals surface area contributed by atoms with Crippen molar-refractivity contribution in [2.75, 3.05) is 11.9 Å². The molecule has 0 heterocycles. The fraction of sp³-hybridized carbons (Fsp3) is 0.400. The Balaban J connectivity index is 2.77. The topological polar surface area (TPSA) is 3.24 Å². The number of anilines is 1. The molecule has 1 aromatic carbocycles. The van der Waals surface area contributed by atoms with Crippen molar-refractivity contribution in [2.24, 2.45) is 0 Å². The zero-order valence-electron chi connectivity index (χ0n) is 7.33. The molecule has 0 saturated heterocycles. The van der Waals surface area contributed by atoms with Gasteiger partial charge in [-0.1, -0.05) is 18.2 Å². The van der Waals surface area contributed by atoms with E-state index in [4.69, 9.17) is 0 Å². The van der Waals surface area contributed by atoms with Gasteiger partial charge in [0, 0.05) is 24.8 Å². The van der Waals surface area contributed by atoms with Gasteiger partial charge in [0.05, 0.1) is 0 Å². The summed E-state index contributed by atoms with van der Waals surface area (Å²) in [6.07, 6.45) is 0. The maximum Gasteiger partial charge on any atom is 0.0446 e. The minimum absolute atomic E-state index is 0.536. The molecule has 11 heavy (non-hydrogen) atoms. The van der Waals surface area contributed by atoms with E-state index >= 15 is 0 Å². The Morgan fingerprint density at radius 2 is 2.09 bits per heavy atom. The summed E-state index contributed by atoms with van der Waals surface area (Å²) < 4.78 is 0. The van der Waals surface area contributed by atoms with Gasteiger partial charge in [-0.25, -0.2) is 0 Å². The molecule has 0 aliphatic rings. The molecule has 1 aromatic rings. The summed E-state index contributed by atoms with van der Waals surface area (Å²) in [5, 5.41) is 0. The van der Waals surface area contributed by atoms with Crippen molar-refractivity contribution in [2.45, 2.75) is 19.9 Å². The van der Waals surface area contributed by atoms with Gasteiger partial charge in [-0.3, -0.25) is 0 Å². The average Bonchev–Trinajstić information content (AvgIpc) is 2.05. The van der Waals surface area contributed by atoms with Crippen molar-refractivity contribution < 1.29 is 0 Å². The summed E-state index contributed by atoms with van der Waals surface area (Å²) in [4.78, 5) is 2.19. The molecule has 0 fully saturated rings. The van der Waals surface area contributed by atoms with Crippen LogP contribution < -0.4 is 4.90 Å². The number of nitrogens with zero attached hydrogens (tertiary/aromatic N) is 1. The Labute approximate surface area is 68.7 Å². The predicted octanol–water partition coefficient (Wildman–Crippen LogP) is 2.33. The van der Waals surface area contributed by atoms with Crippen LogP contribution in [0, 0.1) is 6.07 Å². The van der Waals surface area contributed by atoms with Gasteiger partial charge < -0.3 is 4.90 Å². The maximum absolute atomic E-state index is 3.18. The fourth-order valence-electron chi connectivity index (χ4n) is 0.881.